The number of hydrogen-bond donors (Lipinski definition) is 1. The SMILES string of the molecule is CCNS(=O)(=O)[C@@H]1CCN(Cc2cnc(CC(C)C)s2)C1. The Balaban J connectivity index is 1.89. The Kier molecular flexibility index (Phi) is 5.76. The van der Waals surface area contributed by atoms with Gasteiger partial charge in [0.1, 0.15) is 0 Å². The van der Waals surface area contributed by atoms with Crippen molar-refractivity contribution in [2.75, 3.05) is 19.6 Å². The summed E-state index contributed by atoms with van der Waals surface area (Å²) in [6.45, 7) is 8.94. The van der Waals surface area contributed by atoms with Crippen molar-refractivity contribution in [3.05, 3.63) is 16.1 Å². The number of hydrogen-bond acceptors (Lipinski definition) is 5. The van der Waals surface area contributed by atoms with Gasteiger partial charge in [-0.1, -0.05) is 20.8 Å². The molecule has 0 unspecified atom stereocenters. The third-order valence-corrected chi connectivity index (χ3v) is 6.54. The maximum Gasteiger partial charge on any atom is 0.215 e. The van der Waals surface area contributed by atoms with Crippen LogP contribution in [0.4, 0.5) is 0 Å². The standard InChI is InChI=1S/C14H25N3O2S2/c1-4-16-21(18,19)13-5-6-17(10-13)9-12-8-15-14(20-12)7-11(2)3/h8,11,13,16H,4-7,9-10H2,1-3H3/t13-/m1/s1. The molecule has 0 spiro atoms. The maximum absolute atomic E-state index is 12.0. The number of nitrogens with zero attached hydrogens (tertiary/aromatic N) is 2. The molecule has 21 heavy (non-hydrogen) atoms. The van der Waals surface area contributed by atoms with Crippen LogP contribution in [-0.2, 0) is 23.0 Å². The fraction of sp³-hybridized carbons (Fsp3) is 0.786. The molecule has 1 aromatic heterocycles. The van der Waals surface area contributed by atoms with Crippen LogP contribution in [0.1, 0.15) is 37.1 Å². The highest BCUT2D eigenvalue weighted by Crippen LogP contribution is 2.22. The lowest BCUT2D eigenvalue weighted by Gasteiger charge is -2.15. The molecule has 1 aliphatic heterocycles. The van der Waals surface area contributed by atoms with E-state index in [9.17, 15) is 8.42 Å². The predicted octanol–water partition coefficient (Wildman–Crippen LogP) is 1.86. The van der Waals surface area contributed by atoms with Crippen molar-refractivity contribution >= 4 is 21.4 Å². The number of nitrogens with one attached hydrogen (secondary N) is 1. The van der Waals surface area contributed by atoms with E-state index >= 15 is 0 Å². The lowest BCUT2D eigenvalue weighted by molar-refractivity contribution is 0.334. The van der Waals surface area contributed by atoms with E-state index in [4.69, 9.17) is 0 Å². The van der Waals surface area contributed by atoms with Crippen molar-refractivity contribution in [2.24, 2.45) is 5.92 Å². The molecule has 0 aromatic carbocycles. The quantitative estimate of drug-likeness (QED) is 0.828. The summed E-state index contributed by atoms with van der Waals surface area (Å²) in [5.74, 6) is 0.616. The van der Waals surface area contributed by atoms with Crippen molar-refractivity contribution in [2.45, 2.75) is 45.4 Å². The lowest BCUT2D eigenvalue weighted by Crippen LogP contribution is -2.36. The number of aromatic nitrogens is 1. The van der Waals surface area contributed by atoms with Gasteiger partial charge in [0.2, 0.25) is 10.0 Å². The molecule has 7 heteroatoms. The first-order valence-electron chi connectivity index (χ1n) is 7.55. The normalized spacial score (nSPS) is 20.5. The van der Waals surface area contributed by atoms with Crippen LogP contribution in [0.3, 0.4) is 0 Å². The van der Waals surface area contributed by atoms with Crippen LogP contribution >= 0.6 is 11.3 Å². The van der Waals surface area contributed by atoms with Crippen LogP contribution in [0.15, 0.2) is 6.20 Å². The highest BCUT2D eigenvalue weighted by molar-refractivity contribution is 7.90. The Morgan fingerprint density at radius 2 is 2.29 bits per heavy atom. The second-order valence-electron chi connectivity index (χ2n) is 6.01. The first-order chi connectivity index (χ1) is 9.90. The Hall–Kier alpha value is -0.500. The average molecular weight is 332 g/mol. The van der Waals surface area contributed by atoms with Crippen LogP contribution in [-0.4, -0.2) is 43.2 Å². The molecular formula is C14H25N3O2S2. The Morgan fingerprint density at radius 3 is 2.95 bits per heavy atom. The van der Waals surface area contributed by atoms with Gasteiger partial charge in [-0.2, -0.15) is 0 Å². The smallest absolute Gasteiger partial charge is 0.215 e. The zero-order valence-electron chi connectivity index (χ0n) is 13.0. The summed E-state index contributed by atoms with van der Waals surface area (Å²) < 4.78 is 26.6. The van der Waals surface area contributed by atoms with E-state index < -0.39 is 10.0 Å². The van der Waals surface area contributed by atoms with Gasteiger partial charge in [0.25, 0.3) is 0 Å². The highest BCUT2D eigenvalue weighted by atomic mass is 32.2. The Morgan fingerprint density at radius 1 is 1.52 bits per heavy atom. The van der Waals surface area contributed by atoms with Crippen LogP contribution < -0.4 is 4.72 Å². The fourth-order valence-corrected chi connectivity index (χ4v) is 5.24. The summed E-state index contributed by atoms with van der Waals surface area (Å²) in [5, 5.41) is 0.900. The number of thiazole rings is 1. The minimum Gasteiger partial charge on any atom is -0.297 e. The summed E-state index contributed by atoms with van der Waals surface area (Å²) in [4.78, 5) is 7.90. The van der Waals surface area contributed by atoms with Crippen molar-refractivity contribution in [1.82, 2.24) is 14.6 Å². The third-order valence-electron chi connectivity index (χ3n) is 3.58. The molecular weight excluding hydrogens is 306 g/mol. The molecule has 0 aliphatic carbocycles. The molecule has 1 aliphatic rings. The molecule has 0 saturated carbocycles. The highest BCUT2D eigenvalue weighted by Gasteiger charge is 2.32. The third kappa shape index (κ3) is 4.74. The number of rotatable bonds is 7. The van der Waals surface area contributed by atoms with E-state index in [0.29, 0.717) is 25.4 Å². The molecule has 1 N–H and O–H groups in total. The molecule has 0 amide bonds. The van der Waals surface area contributed by atoms with Gasteiger partial charge in [-0.15, -0.1) is 11.3 Å². The average Bonchev–Trinajstić information content (AvgIpc) is 2.99. The van der Waals surface area contributed by atoms with Crippen molar-refractivity contribution in [1.29, 1.82) is 0 Å². The Bertz CT molecular complexity index is 554. The predicted molar refractivity (Wildman–Crippen MR) is 86.9 cm³/mol. The van der Waals surface area contributed by atoms with Crippen molar-refractivity contribution in [3.63, 3.8) is 0 Å². The van der Waals surface area contributed by atoms with Gasteiger partial charge >= 0.3 is 0 Å². The molecule has 2 heterocycles. The zero-order chi connectivity index (χ0) is 15.5. The zero-order valence-corrected chi connectivity index (χ0v) is 14.6. The summed E-state index contributed by atoms with van der Waals surface area (Å²) in [7, 11) is -3.15. The van der Waals surface area contributed by atoms with Gasteiger partial charge < -0.3 is 0 Å². The number of likely N-dealkylation sites (tertiary alicyclic amines) is 1. The first kappa shape index (κ1) is 16.9. The van der Waals surface area contributed by atoms with E-state index in [1.165, 1.54) is 9.88 Å². The lowest BCUT2D eigenvalue weighted by atomic mass is 10.1. The molecule has 1 aromatic rings. The largest absolute Gasteiger partial charge is 0.297 e. The monoisotopic (exact) mass is 331 g/mol. The van der Waals surface area contributed by atoms with Gasteiger partial charge in [-0.3, -0.25) is 4.90 Å². The van der Waals surface area contributed by atoms with Crippen LogP contribution in [0, 0.1) is 5.92 Å². The topological polar surface area (TPSA) is 62.3 Å². The number of sulfonamides is 1. The second-order valence-corrected chi connectivity index (χ2v) is 9.25. The Labute approximate surface area is 131 Å². The van der Waals surface area contributed by atoms with E-state index in [-0.39, 0.29) is 5.25 Å². The van der Waals surface area contributed by atoms with Crippen LogP contribution in [0.5, 0.6) is 0 Å². The van der Waals surface area contributed by atoms with Crippen LogP contribution in [0.25, 0.3) is 0 Å². The molecule has 1 fully saturated rings. The molecule has 1 atom stereocenters. The summed E-state index contributed by atoms with van der Waals surface area (Å²) >= 11 is 1.75. The van der Waals surface area contributed by atoms with Crippen LogP contribution in [0.2, 0.25) is 0 Å². The van der Waals surface area contributed by atoms with E-state index in [1.54, 1.807) is 11.3 Å². The van der Waals surface area contributed by atoms with E-state index in [2.05, 4.69) is 28.5 Å². The fourth-order valence-electron chi connectivity index (χ4n) is 2.60. The second kappa shape index (κ2) is 7.17. The van der Waals surface area contributed by atoms with Gasteiger partial charge in [-0.05, 0) is 18.9 Å². The summed E-state index contributed by atoms with van der Waals surface area (Å²) in [5.41, 5.74) is 0. The molecule has 2 rings (SSSR count). The minimum atomic E-state index is -3.15. The molecule has 5 nitrogen and oxygen atoms in total. The summed E-state index contributed by atoms with van der Waals surface area (Å²) in [6.07, 6.45) is 3.67. The van der Waals surface area contributed by atoms with Gasteiger partial charge in [0.05, 0.1) is 10.3 Å². The van der Waals surface area contributed by atoms with Gasteiger partial charge in [-0.25, -0.2) is 18.1 Å². The summed E-state index contributed by atoms with van der Waals surface area (Å²) in [6, 6.07) is 0. The molecule has 0 bridgehead atoms. The first-order valence-corrected chi connectivity index (χ1v) is 9.91. The molecule has 1 saturated heterocycles. The van der Waals surface area contributed by atoms with Crippen molar-refractivity contribution in [3.8, 4) is 0 Å². The maximum atomic E-state index is 12.0. The minimum absolute atomic E-state index is 0.277. The van der Waals surface area contributed by atoms with Crippen molar-refractivity contribution < 1.29 is 8.42 Å². The molecule has 0 radical (unpaired) electrons. The van der Waals surface area contributed by atoms with E-state index in [1.807, 2.05) is 13.1 Å². The molecule has 120 valence electrons. The van der Waals surface area contributed by atoms with E-state index in [0.717, 1.165) is 19.5 Å². The van der Waals surface area contributed by atoms with Gasteiger partial charge in [0.15, 0.2) is 0 Å². The van der Waals surface area contributed by atoms with Gasteiger partial charge in [0, 0.05) is 37.1 Å².